The lowest BCUT2D eigenvalue weighted by atomic mass is 10.0. The Morgan fingerprint density at radius 3 is 2.58 bits per heavy atom. The van der Waals surface area contributed by atoms with Crippen molar-refractivity contribution in [2.45, 2.75) is 46.1 Å². The van der Waals surface area contributed by atoms with E-state index in [2.05, 4.69) is 25.2 Å². The van der Waals surface area contributed by atoms with Gasteiger partial charge in [-0.1, -0.05) is 19.9 Å². The topological polar surface area (TPSA) is 21.3 Å². The zero-order valence-corrected chi connectivity index (χ0v) is 12.3. The Morgan fingerprint density at radius 1 is 1.16 bits per heavy atom. The van der Waals surface area contributed by atoms with Gasteiger partial charge in [0.05, 0.1) is 0 Å². The lowest BCUT2D eigenvalue weighted by Gasteiger charge is -2.19. The number of rotatable bonds is 9. The minimum absolute atomic E-state index is 0.159. The van der Waals surface area contributed by atoms with E-state index in [0.717, 1.165) is 43.5 Å². The second-order valence-electron chi connectivity index (χ2n) is 4.97. The van der Waals surface area contributed by atoms with Crippen LogP contribution < -0.4 is 5.32 Å². The first-order valence-electron chi connectivity index (χ1n) is 7.25. The lowest BCUT2D eigenvalue weighted by Crippen LogP contribution is -2.23. The maximum atomic E-state index is 13.5. The van der Waals surface area contributed by atoms with Crippen molar-refractivity contribution in [1.82, 2.24) is 5.32 Å². The highest BCUT2D eigenvalue weighted by Crippen LogP contribution is 2.20. The molecule has 0 radical (unpaired) electrons. The van der Waals surface area contributed by atoms with Crippen LogP contribution >= 0.6 is 0 Å². The van der Waals surface area contributed by atoms with Gasteiger partial charge in [-0.25, -0.2) is 4.39 Å². The van der Waals surface area contributed by atoms with Crippen LogP contribution in [0.4, 0.5) is 4.39 Å². The average Bonchev–Trinajstić information content (AvgIpc) is 2.36. The predicted molar refractivity (Wildman–Crippen MR) is 77.9 cm³/mol. The largest absolute Gasteiger partial charge is 0.381 e. The molecule has 0 saturated heterocycles. The van der Waals surface area contributed by atoms with E-state index in [-0.39, 0.29) is 11.9 Å². The van der Waals surface area contributed by atoms with Gasteiger partial charge in [-0.05, 0) is 56.0 Å². The summed E-state index contributed by atoms with van der Waals surface area (Å²) in [5.41, 5.74) is 1.99. The van der Waals surface area contributed by atoms with Crippen LogP contribution in [0.25, 0.3) is 0 Å². The Balaban J connectivity index is 2.65. The molecule has 0 aromatic heterocycles. The van der Waals surface area contributed by atoms with Crippen LogP contribution in [-0.2, 0) is 4.74 Å². The molecule has 0 fully saturated rings. The molecule has 0 spiro atoms. The minimum Gasteiger partial charge on any atom is -0.381 e. The molecule has 1 unspecified atom stereocenters. The highest BCUT2D eigenvalue weighted by Gasteiger charge is 2.12. The van der Waals surface area contributed by atoms with Crippen molar-refractivity contribution in [3.05, 3.63) is 35.1 Å². The molecule has 19 heavy (non-hydrogen) atoms. The Morgan fingerprint density at radius 2 is 1.95 bits per heavy atom. The van der Waals surface area contributed by atoms with E-state index in [9.17, 15) is 4.39 Å². The van der Waals surface area contributed by atoms with E-state index in [1.165, 1.54) is 0 Å². The van der Waals surface area contributed by atoms with Crippen LogP contribution in [-0.4, -0.2) is 19.8 Å². The normalized spacial score (nSPS) is 12.6. The summed E-state index contributed by atoms with van der Waals surface area (Å²) in [6.45, 7) is 8.61. The fraction of sp³-hybridized carbons (Fsp3) is 0.625. The van der Waals surface area contributed by atoms with Crippen molar-refractivity contribution < 1.29 is 9.13 Å². The van der Waals surface area contributed by atoms with Crippen molar-refractivity contribution in [3.8, 4) is 0 Å². The number of benzene rings is 1. The van der Waals surface area contributed by atoms with Crippen LogP contribution in [0.15, 0.2) is 18.2 Å². The third-order valence-electron chi connectivity index (χ3n) is 3.01. The van der Waals surface area contributed by atoms with Crippen molar-refractivity contribution in [3.63, 3.8) is 0 Å². The van der Waals surface area contributed by atoms with E-state index >= 15 is 0 Å². The third-order valence-corrected chi connectivity index (χ3v) is 3.01. The fourth-order valence-corrected chi connectivity index (χ4v) is 2.12. The molecule has 0 aliphatic heterocycles. The Labute approximate surface area is 116 Å². The predicted octanol–water partition coefficient (Wildman–Crippen LogP) is 3.99. The van der Waals surface area contributed by atoms with E-state index < -0.39 is 0 Å². The lowest BCUT2D eigenvalue weighted by molar-refractivity contribution is 0.124. The Kier molecular flexibility index (Phi) is 7.68. The summed E-state index contributed by atoms with van der Waals surface area (Å²) in [6.07, 6.45) is 2.98. The summed E-state index contributed by atoms with van der Waals surface area (Å²) in [7, 11) is 0. The summed E-state index contributed by atoms with van der Waals surface area (Å²) in [5.74, 6) is -0.159. The second kappa shape index (κ2) is 9.05. The standard InChI is InChI=1S/C16H26FNO/c1-4-7-18-16(6-9-19-8-5-2)14-10-13(3)11-15(17)12-14/h10-12,16,18H,4-9H2,1-3H3. The van der Waals surface area contributed by atoms with Gasteiger partial charge >= 0.3 is 0 Å². The zero-order chi connectivity index (χ0) is 14.1. The van der Waals surface area contributed by atoms with E-state index in [1.54, 1.807) is 12.1 Å². The van der Waals surface area contributed by atoms with Gasteiger partial charge in [0.2, 0.25) is 0 Å². The monoisotopic (exact) mass is 267 g/mol. The van der Waals surface area contributed by atoms with Gasteiger partial charge in [-0.2, -0.15) is 0 Å². The maximum absolute atomic E-state index is 13.5. The summed E-state index contributed by atoms with van der Waals surface area (Å²) < 4.78 is 19.0. The molecular formula is C16H26FNO. The zero-order valence-electron chi connectivity index (χ0n) is 12.3. The van der Waals surface area contributed by atoms with Crippen molar-refractivity contribution >= 4 is 0 Å². The second-order valence-corrected chi connectivity index (χ2v) is 4.97. The van der Waals surface area contributed by atoms with E-state index in [0.29, 0.717) is 6.61 Å². The summed E-state index contributed by atoms with van der Waals surface area (Å²) >= 11 is 0. The molecule has 3 heteroatoms. The number of hydrogen-bond acceptors (Lipinski definition) is 2. The molecule has 1 aromatic carbocycles. The number of hydrogen-bond donors (Lipinski definition) is 1. The molecule has 1 N–H and O–H groups in total. The first-order valence-corrected chi connectivity index (χ1v) is 7.25. The van der Waals surface area contributed by atoms with Crippen LogP contribution in [0.2, 0.25) is 0 Å². The van der Waals surface area contributed by atoms with Crippen molar-refractivity contribution in [1.29, 1.82) is 0 Å². The Hall–Kier alpha value is -0.930. The van der Waals surface area contributed by atoms with Gasteiger partial charge in [0.15, 0.2) is 0 Å². The van der Waals surface area contributed by atoms with Crippen LogP contribution in [0.3, 0.4) is 0 Å². The number of ether oxygens (including phenoxy) is 1. The first kappa shape index (κ1) is 16.1. The molecule has 2 nitrogen and oxygen atoms in total. The third kappa shape index (κ3) is 6.17. The fourth-order valence-electron chi connectivity index (χ4n) is 2.12. The molecule has 0 amide bonds. The highest BCUT2D eigenvalue weighted by molar-refractivity contribution is 5.26. The summed E-state index contributed by atoms with van der Waals surface area (Å²) in [6, 6.07) is 5.41. The molecule has 1 aromatic rings. The van der Waals surface area contributed by atoms with Gasteiger partial charge in [0.1, 0.15) is 5.82 Å². The summed E-state index contributed by atoms with van der Waals surface area (Å²) in [4.78, 5) is 0. The van der Waals surface area contributed by atoms with Crippen LogP contribution in [0, 0.1) is 12.7 Å². The molecule has 108 valence electrons. The van der Waals surface area contributed by atoms with Gasteiger partial charge < -0.3 is 10.1 Å². The number of nitrogens with one attached hydrogen (secondary N) is 1. The molecule has 0 aliphatic carbocycles. The molecular weight excluding hydrogens is 241 g/mol. The quantitative estimate of drug-likeness (QED) is 0.683. The van der Waals surface area contributed by atoms with Crippen molar-refractivity contribution in [2.75, 3.05) is 19.8 Å². The minimum atomic E-state index is -0.159. The van der Waals surface area contributed by atoms with Crippen LogP contribution in [0.5, 0.6) is 0 Å². The smallest absolute Gasteiger partial charge is 0.123 e. The van der Waals surface area contributed by atoms with E-state index in [4.69, 9.17) is 4.74 Å². The van der Waals surface area contributed by atoms with Crippen LogP contribution in [0.1, 0.15) is 50.3 Å². The Bertz CT molecular complexity index is 348. The molecule has 1 rings (SSSR count). The van der Waals surface area contributed by atoms with Gasteiger partial charge in [0, 0.05) is 19.3 Å². The molecule has 0 heterocycles. The maximum Gasteiger partial charge on any atom is 0.123 e. The molecule has 0 aliphatic rings. The van der Waals surface area contributed by atoms with Gasteiger partial charge in [0.25, 0.3) is 0 Å². The first-order chi connectivity index (χ1) is 9.17. The molecule has 0 saturated carbocycles. The van der Waals surface area contributed by atoms with Crippen molar-refractivity contribution in [2.24, 2.45) is 0 Å². The number of aryl methyl sites for hydroxylation is 1. The average molecular weight is 267 g/mol. The van der Waals surface area contributed by atoms with E-state index in [1.807, 2.05) is 6.92 Å². The molecule has 1 atom stereocenters. The SMILES string of the molecule is CCCNC(CCOCCC)c1cc(C)cc(F)c1. The molecule has 0 bridgehead atoms. The van der Waals surface area contributed by atoms with Gasteiger partial charge in [-0.15, -0.1) is 0 Å². The highest BCUT2D eigenvalue weighted by atomic mass is 19.1. The van der Waals surface area contributed by atoms with Gasteiger partial charge in [-0.3, -0.25) is 0 Å². The number of halogens is 1. The summed E-state index contributed by atoms with van der Waals surface area (Å²) in [5, 5.41) is 3.47.